The predicted molar refractivity (Wildman–Crippen MR) is 80.4 cm³/mol. The Bertz CT molecular complexity index is 582. The summed E-state index contributed by atoms with van der Waals surface area (Å²) in [4.78, 5) is 11.5. The van der Waals surface area contributed by atoms with Crippen molar-refractivity contribution in [3.05, 3.63) is 53.6 Å². The minimum absolute atomic E-state index is 0.375. The molecule has 0 aromatic heterocycles. The Morgan fingerprint density at radius 3 is 1.71 bits per heavy atom. The number of aldehydes is 1. The van der Waals surface area contributed by atoms with Gasteiger partial charge in [0, 0.05) is 6.07 Å². The van der Waals surface area contributed by atoms with Crippen molar-refractivity contribution in [2.75, 3.05) is 21.3 Å². The topological polar surface area (TPSA) is 44.8 Å². The Morgan fingerprint density at radius 2 is 1.29 bits per heavy atom. The molecule has 4 heteroatoms. The van der Waals surface area contributed by atoms with Crippen LogP contribution in [-0.4, -0.2) is 27.6 Å². The third kappa shape index (κ3) is 3.34. The van der Waals surface area contributed by atoms with E-state index >= 15 is 0 Å². The lowest BCUT2D eigenvalue weighted by Crippen LogP contribution is -2.03. The molecular weight excluding hydrogens is 268 g/mol. The normalized spacial score (nSPS) is 11.6. The van der Waals surface area contributed by atoms with E-state index in [9.17, 15) is 4.79 Å². The minimum atomic E-state index is -0.375. The molecule has 4 nitrogen and oxygen atoms in total. The highest BCUT2D eigenvalue weighted by atomic mass is 16.5. The zero-order chi connectivity index (χ0) is 15.2. The Hall–Kier alpha value is -2.49. The summed E-state index contributed by atoms with van der Waals surface area (Å²) in [6, 6.07) is 12.9. The number of benzene rings is 2. The second-order valence-electron chi connectivity index (χ2n) is 4.53. The number of carbonyl (C=O) groups is 1. The van der Waals surface area contributed by atoms with E-state index in [1.54, 1.807) is 27.4 Å². The van der Waals surface area contributed by atoms with Gasteiger partial charge < -0.3 is 19.0 Å². The zero-order valence-corrected chi connectivity index (χ0v) is 12.3. The maximum absolute atomic E-state index is 11.5. The van der Waals surface area contributed by atoms with Crippen LogP contribution in [0.1, 0.15) is 17.0 Å². The molecule has 0 aliphatic carbocycles. The molecule has 0 saturated carbocycles. The van der Waals surface area contributed by atoms with Gasteiger partial charge in [0.1, 0.15) is 23.5 Å². The molecule has 0 fully saturated rings. The van der Waals surface area contributed by atoms with Gasteiger partial charge in [-0.05, 0) is 35.4 Å². The minimum Gasteiger partial charge on any atom is -0.497 e. The molecule has 2 aromatic carbocycles. The highest BCUT2D eigenvalue weighted by Gasteiger charge is 2.15. The first-order valence-corrected chi connectivity index (χ1v) is 6.54. The SMILES string of the molecule is COc1ccc(C(C=O)c2cc(OC)cc(OC)c2)cc1. The summed E-state index contributed by atoms with van der Waals surface area (Å²) in [6.45, 7) is 0. The van der Waals surface area contributed by atoms with E-state index in [2.05, 4.69) is 0 Å². The third-order valence-electron chi connectivity index (χ3n) is 3.34. The average Bonchev–Trinajstić information content (AvgIpc) is 2.55. The molecule has 2 rings (SSSR count). The van der Waals surface area contributed by atoms with E-state index in [1.165, 1.54) is 0 Å². The van der Waals surface area contributed by atoms with Crippen molar-refractivity contribution in [2.45, 2.75) is 5.92 Å². The summed E-state index contributed by atoms with van der Waals surface area (Å²) >= 11 is 0. The van der Waals surface area contributed by atoms with E-state index in [0.717, 1.165) is 23.2 Å². The van der Waals surface area contributed by atoms with Gasteiger partial charge in [-0.2, -0.15) is 0 Å². The van der Waals surface area contributed by atoms with E-state index in [1.807, 2.05) is 36.4 Å². The van der Waals surface area contributed by atoms with Crippen LogP contribution in [0.3, 0.4) is 0 Å². The molecule has 21 heavy (non-hydrogen) atoms. The number of hydrogen-bond donors (Lipinski definition) is 0. The maximum atomic E-state index is 11.5. The van der Waals surface area contributed by atoms with Crippen molar-refractivity contribution in [2.24, 2.45) is 0 Å². The van der Waals surface area contributed by atoms with Gasteiger partial charge >= 0.3 is 0 Å². The summed E-state index contributed by atoms with van der Waals surface area (Å²) in [7, 11) is 4.78. The molecule has 0 heterocycles. The lowest BCUT2D eigenvalue weighted by Gasteiger charge is -2.14. The van der Waals surface area contributed by atoms with Crippen LogP contribution >= 0.6 is 0 Å². The second kappa shape index (κ2) is 6.79. The van der Waals surface area contributed by atoms with Crippen LogP contribution in [0.15, 0.2) is 42.5 Å². The maximum Gasteiger partial charge on any atom is 0.131 e. The van der Waals surface area contributed by atoms with E-state index in [0.29, 0.717) is 11.5 Å². The van der Waals surface area contributed by atoms with E-state index in [-0.39, 0.29) is 5.92 Å². The van der Waals surface area contributed by atoms with Crippen LogP contribution in [0.25, 0.3) is 0 Å². The van der Waals surface area contributed by atoms with Crippen LogP contribution < -0.4 is 14.2 Å². The van der Waals surface area contributed by atoms with Crippen molar-refractivity contribution in [1.29, 1.82) is 0 Å². The van der Waals surface area contributed by atoms with Crippen LogP contribution in [0.4, 0.5) is 0 Å². The molecule has 2 aromatic rings. The molecule has 0 N–H and O–H groups in total. The largest absolute Gasteiger partial charge is 0.497 e. The fourth-order valence-corrected chi connectivity index (χ4v) is 2.17. The molecule has 0 amide bonds. The molecule has 0 saturated heterocycles. The lowest BCUT2D eigenvalue weighted by atomic mass is 9.92. The van der Waals surface area contributed by atoms with Crippen LogP contribution in [0.5, 0.6) is 17.2 Å². The van der Waals surface area contributed by atoms with Gasteiger partial charge in [0.2, 0.25) is 0 Å². The molecule has 1 unspecified atom stereocenters. The Labute approximate surface area is 124 Å². The molecule has 1 atom stereocenters. The van der Waals surface area contributed by atoms with Gasteiger partial charge in [-0.3, -0.25) is 0 Å². The monoisotopic (exact) mass is 286 g/mol. The number of carbonyl (C=O) groups excluding carboxylic acids is 1. The van der Waals surface area contributed by atoms with Gasteiger partial charge in [0.25, 0.3) is 0 Å². The molecule has 0 spiro atoms. The predicted octanol–water partition coefficient (Wildman–Crippen LogP) is 3.04. The van der Waals surface area contributed by atoms with Gasteiger partial charge in [0.05, 0.1) is 27.2 Å². The quantitative estimate of drug-likeness (QED) is 0.766. The van der Waals surface area contributed by atoms with Gasteiger partial charge in [-0.25, -0.2) is 0 Å². The zero-order valence-electron chi connectivity index (χ0n) is 12.3. The molecule has 0 aliphatic heterocycles. The van der Waals surface area contributed by atoms with Gasteiger partial charge in [-0.1, -0.05) is 12.1 Å². The summed E-state index contributed by atoms with van der Waals surface area (Å²) in [6.07, 6.45) is 0.913. The van der Waals surface area contributed by atoms with Crippen LogP contribution in [0.2, 0.25) is 0 Å². The fraction of sp³-hybridized carbons (Fsp3) is 0.235. The van der Waals surface area contributed by atoms with E-state index < -0.39 is 0 Å². The van der Waals surface area contributed by atoms with Crippen LogP contribution in [0, 0.1) is 0 Å². The van der Waals surface area contributed by atoms with Crippen LogP contribution in [-0.2, 0) is 4.79 Å². The number of ether oxygens (including phenoxy) is 3. The molecule has 0 bridgehead atoms. The Morgan fingerprint density at radius 1 is 0.762 bits per heavy atom. The first-order valence-electron chi connectivity index (χ1n) is 6.54. The first-order chi connectivity index (χ1) is 10.2. The molecule has 110 valence electrons. The highest BCUT2D eigenvalue weighted by Crippen LogP contribution is 2.31. The summed E-state index contributed by atoms with van der Waals surface area (Å²) in [5.41, 5.74) is 1.72. The van der Waals surface area contributed by atoms with E-state index in [4.69, 9.17) is 14.2 Å². The number of methoxy groups -OCH3 is 3. The number of rotatable bonds is 6. The van der Waals surface area contributed by atoms with Gasteiger partial charge in [0.15, 0.2) is 0 Å². The van der Waals surface area contributed by atoms with Crippen molar-refractivity contribution < 1.29 is 19.0 Å². The first kappa shape index (κ1) is 14.9. The molecule has 0 radical (unpaired) electrons. The lowest BCUT2D eigenvalue weighted by molar-refractivity contribution is -0.108. The summed E-state index contributed by atoms with van der Waals surface area (Å²) in [5, 5.41) is 0. The fourth-order valence-electron chi connectivity index (χ4n) is 2.17. The van der Waals surface area contributed by atoms with Crippen molar-refractivity contribution in [1.82, 2.24) is 0 Å². The molecule has 0 aliphatic rings. The highest BCUT2D eigenvalue weighted by molar-refractivity contribution is 5.69. The standard InChI is InChI=1S/C17H18O4/c1-19-14-6-4-12(5-7-14)17(11-18)13-8-15(20-2)10-16(9-13)21-3/h4-11,17H,1-3H3. The Kier molecular flexibility index (Phi) is 4.82. The second-order valence-corrected chi connectivity index (χ2v) is 4.53. The summed E-state index contributed by atoms with van der Waals surface area (Å²) < 4.78 is 15.6. The van der Waals surface area contributed by atoms with Crippen molar-refractivity contribution in [3.63, 3.8) is 0 Å². The van der Waals surface area contributed by atoms with Crippen molar-refractivity contribution >= 4 is 6.29 Å². The number of hydrogen-bond acceptors (Lipinski definition) is 4. The Balaban J connectivity index is 2.42. The average molecular weight is 286 g/mol. The third-order valence-corrected chi connectivity index (χ3v) is 3.34. The molecular formula is C17H18O4. The van der Waals surface area contributed by atoms with Gasteiger partial charge in [-0.15, -0.1) is 0 Å². The van der Waals surface area contributed by atoms with Crippen molar-refractivity contribution in [3.8, 4) is 17.2 Å². The summed E-state index contributed by atoms with van der Waals surface area (Å²) in [5.74, 6) is 1.70. The smallest absolute Gasteiger partial charge is 0.131 e.